The van der Waals surface area contributed by atoms with Crippen LogP contribution in [0.1, 0.15) is 29.5 Å². The van der Waals surface area contributed by atoms with E-state index in [0.717, 1.165) is 34.4 Å². The number of nitrogens with zero attached hydrogens (tertiary/aromatic N) is 1. The van der Waals surface area contributed by atoms with Crippen LogP contribution in [0.5, 0.6) is 5.75 Å². The molecule has 5 nitrogen and oxygen atoms in total. The number of carbonyl (C=O) groups excluding carboxylic acids is 1. The van der Waals surface area contributed by atoms with Crippen molar-refractivity contribution in [3.63, 3.8) is 0 Å². The number of rotatable bonds is 8. The Morgan fingerprint density at radius 3 is 2.09 bits per heavy atom. The molecular weight excluding hydrogens is 426 g/mol. The van der Waals surface area contributed by atoms with Crippen molar-refractivity contribution in [3.05, 3.63) is 108 Å². The molecular formula is C29H31NO4. The fourth-order valence-electron chi connectivity index (χ4n) is 4.69. The first kappa shape index (κ1) is 23.7. The first-order chi connectivity index (χ1) is 16.5. The van der Waals surface area contributed by atoms with E-state index in [2.05, 4.69) is 30.3 Å². The van der Waals surface area contributed by atoms with Crippen molar-refractivity contribution in [1.82, 2.24) is 4.90 Å². The van der Waals surface area contributed by atoms with E-state index in [1.54, 1.807) is 7.11 Å². The Morgan fingerprint density at radius 2 is 1.56 bits per heavy atom. The lowest BCUT2D eigenvalue weighted by Crippen LogP contribution is -2.37. The number of β-amino-alcohol motifs (C(OH)–C–C–N with tert-alkyl or cyclic N) is 1. The van der Waals surface area contributed by atoms with E-state index in [-0.39, 0.29) is 5.97 Å². The van der Waals surface area contributed by atoms with Gasteiger partial charge in [-0.3, -0.25) is 9.69 Å². The molecule has 1 aliphatic heterocycles. The zero-order chi connectivity index (χ0) is 24.0. The third-order valence-corrected chi connectivity index (χ3v) is 6.47. The Balaban J connectivity index is 1.55. The minimum absolute atomic E-state index is 0.292. The van der Waals surface area contributed by atoms with Crippen LogP contribution in [-0.4, -0.2) is 49.3 Å². The van der Waals surface area contributed by atoms with Crippen molar-refractivity contribution >= 4 is 11.5 Å². The first-order valence-electron chi connectivity index (χ1n) is 11.5. The summed E-state index contributed by atoms with van der Waals surface area (Å²) in [7, 11) is 3.01. The highest BCUT2D eigenvalue weighted by Crippen LogP contribution is 2.37. The monoisotopic (exact) mass is 457 g/mol. The average Bonchev–Trinajstić information content (AvgIpc) is 3.24. The van der Waals surface area contributed by atoms with Gasteiger partial charge in [0.25, 0.3) is 0 Å². The van der Waals surface area contributed by atoms with E-state index in [4.69, 9.17) is 9.47 Å². The molecule has 0 aliphatic carbocycles. The van der Waals surface area contributed by atoms with Crippen molar-refractivity contribution in [2.24, 2.45) is 0 Å². The highest BCUT2D eigenvalue weighted by molar-refractivity contribution is 5.79. The van der Waals surface area contributed by atoms with Gasteiger partial charge < -0.3 is 14.6 Å². The summed E-state index contributed by atoms with van der Waals surface area (Å²) < 4.78 is 10.3. The van der Waals surface area contributed by atoms with Crippen LogP contribution in [0.4, 0.5) is 0 Å². The Morgan fingerprint density at radius 1 is 0.971 bits per heavy atom. The number of hydrogen-bond acceptors (Lipinski definition) is 5. The van der Waals surface area contributed by atoms with Crippen LogP contribution in [-0.2, 0) is 15.1 Å². The van der Waals surface area contributed by atoms with Gasteiger partial charge in [0.05, 0.1) is 14.2 Å². The van der Waals surface area contributed by atoms with E-state index in [1.807, 2.05) is 65.6 Å². The Labute approximate surface area is 201 Å². The van der Waals surface area contributed by atoms with E-state index >= 15 is 0 Å². The summed E-state index contributed by atoms with van der Waals surface area (Å²) in [4.78, 5) is 14.6. The maximum Gasteiger partial charge on any atom is 0.323 e. The summed E-state index contributed by atoms with van der Waals surface area (Å²) in [5, 5.41) is 11.5. The number of esters is 1. The maximum absolute atomic E-state index is 12.6. The van der Waals surface area contributed by atoms with Crippen LogP contribution in [0, 0.1) is 0 Å². The lowest BCUT2D eigenvalue weighted by atomic mass is 9.91. The van der Waals surface area contributed by atoms with Crippen molar-refractivity contribution in [1.29, 1.82) is 0 Å². The van der Waals surface area contributed by atoms with Gasteiger partial charge in [0, 0.05) is 19.5 Å². The molecule has 0 saturated carbocycles. The predicted octanol–water partition coefficient (Wildman–Crippen LogP) is 4.65. The smallest absolute Gasteiger partial charge is 0.323 e. The predicted molar refractivity (Wildman–Crippen MR) is 133 cm³/mol. The molecule has 1 fully saturated rings. The Kier molecular flexibility index (Phi) is 7.46. The molecule has 3 aromatic carbocycles. The molecule has 1 heterocycles. The molecule has 0 radical (unpaired) electrons. The summed E-state index contributed by atoms with van der Waals surface area (Å²) in [6, 6.07) is 27.5. The molecule has 2 atom stereocenters. The molecule has 0 unspecified atom stereocenters. The minimum Gasteiger partial charge on any atom is -0.497 e. The van der Waals surface area contributed by atoms with Crippen LogP contribution in [0.2, 0.25) is 0 Å². The molecule has 176 valence electrons. The van der Waals surface area contributed by atoms with Gasteiger partial charge in [-0.1, -0.05) is 78.9 Å². The number of benzene rings is 3. The van der Waals surface area contributed by atoms with Gasteiger partial charge >= 0.3 is 5.97 Å². The second kappa shape index (κ2) is 10.7. The molecule has 5 heteroatoms. The third kappa shape index (κ3) is 5.22. The molecule has 34 heavy (non-hydrogen) atoms. The van der Waals surface area contributed by atoms with Crippen LogP contribution < -0.4 is 4.74 Å². The second-order valence-corrected chi connectivity index (χ2v) is 8.61. The minimum atomic E-state index is -1.13. The summed E-state index contributed by atoms with van der Waals surface area (Å²) in [5.74, 6) is 0.408. The SMILES string of the molecule is COC(=O)[C@@H]1C[C@@](O)(c2ccc(OC)cc2)CN1CCC=C(c1ccccc1)c1ccccc1. The molecule has 0 aromatic heterocycles. The quantitative estimate of drug-likeness (QED) is 0.499. The van der Waals surface area contributed by atoms with E-state index < -0.39 is 11.6 Å². The number of carbonyl (C=O) groups is 1. The molecule has 0 amide bonds. The van der Waals surface area contributed by atoms with E-state index in [9.17, 15) is 9.90 Å². The highest BCUT2D eigenvalue weighted by Gasteiger charge is 2.47. The normalized spacial score (nSPS) is 20.0. The lowest BCUT2D eigenvalue weighted by Gasteiger charge is -2.24. The standard InChI is InChI=1S/C29H31NO4/c1-33-25-17-15-24(16-18-25)29(32)20-27(28(31)34-2)30(21-29)19-9-14-26(22-10-5-3-6-11-22)23-12-7-4-8-13-23/h3-8,10-18,27,32H,9,19-21H2,1-2H3/t27-,29-/m0/s1. The molecule has 0 spiro atoms. The molecule has 1 saturated heterocycles. The number of methoxy groups -OCH3 is 2. The van der Waals surface area contributed by atoms with Crippen molar-refractivity contribution in [2.75, 3.05) is 27.3 Å². The lowest BCUT2D eigenvalue weighted by molar-refractivity contribution is -0.146. The van der Waals surface area contributed by atoms with Crippen LogP contribution in [0.15, 0.2) is 91.0 Å². The first-order valence-corrected chi connectivity index (χ1v) is 11.5. The maximum atomic E-state index is 12.6. The Hall–Kier alpha value is -3.41. The molecule has 1 N–H and O–H groups in total. The van der Waals surface area contributed by atoms with Gasteiger partial charge in [-0.15, -0.1) is 0 Å². The Bertz CT molecular complexity index is 1070. The van der Waals surface area contributed by atoms with Gasteiger partial charge in [0.1, 0.15) is 17.4 Å². The number of ether oxygens (including phenoxy) is 2. The number of aliphatic hydroxyl groups is 1. The largest absolute Gasteiger partial charge is 0.497 e. The van der Waals surface area contributed by atoms with E-state index in [0.29, 0.717) is 19.5 Å². The topological polar surface area (TPSA) is 59.0 Å². The summed E-state index contributed by atoms with van der Waals surface area (Å²) >= 11 is 0. The van der Waals surface area contributed by atoms with Crippen LogP contribution in [0.25, 0.3) is 5.57 Å². The van der Waals surface area contributed by atoms with Crippen molar-refractivity contribution < 1.29 is 19.4 Å². The van der Waals surface area contributed by atoms with Gasteiger partial charge in [-0.25, -0.2) is 0 Å². The van der Waals surface area contributed by atoms with Crippen LogP contribution >= 0.6 is 0 Å². The third-order valence-electron chi connectivity index (χ3n) is 6.47. The zero-order valence-electron chi connectivity index (χ0n) is 19.7. The van der Waals surface area contributed by atoms with Gasteiger partial charge in [-0.05, 0) is 40.8 Å². The van der Waals surface area contributed by atoms with Gasteiger partial charge in [-0.2, -0.15) is 0 Å². The molecule has 3 aromatic rings. The average molecular weight is 458 g/mol. The molecule has 4 rings (SSSR count). The number of likely N-dealkylation sites (tertiary alicyclic amines) is 1. The summed E-state index contributed by atoms with van der Waals surface area (Å²) in [6.45, 7) is 0.986. The zero-order valence-corrected chi connectivity index (χ0v) is 19.7. The fourth-order valence-corrected chi connectivity index (χ4v) is 4.69. The fraction of sp³-hybridized carbons (Fsp3) is 0.276. The van der Waals surface area contributed by atoms with E-state index in [1.165, 1.54) is 7.11 Å². The second-order valence-electron chi connectivity index (χ2n) is 8.61. The van der Waals surface area contributed by atoms with Gasteiger partial charge in [0.15, 0.2) is 0 Å². The molecule has 1 aliphatic rings. The molecule has 0 bridgehead atoms. The number of hydrogen-bond donors (Lipinski definition) is 1. The highest BCUT2D eigenvalue weighted by atomic mass is 16.5. The van der Waals surface area contributed by atoms with Gasteiger partial charge in [0.2, 0.25) is 0 Å². The summed E-state index contributed by atoms with van der Waals surface area (Å²) in [6.07, 6.45) is 3.23. The summed E-state index contributed by atoms with van der Waals surface area (Å²) in [5.41, 5.74) is 3.09. The van der Waals surface area contributed by atoms with Crippen molar-refractivity contribution in [2.45, 2.75) is 24.5 Å². The van der Waals surface area contributed by atoms with Crippen molar-refractivity contribution in [3.8, 4) is 5.75 Å². The van der Waals surface area contributed by atoms with Crippen LogP contribution in [0.3, 0.4) is 0 Å².